The summed E-state index contributed by atoms with van der Waals surface area (Å²) in [4.78, 5) is 11.7. The smallest absolute Gasteiger partial charge is 0.412 e. The van der Waals surface area contributed by atoms with Gasteiger partial charge in [-0.2, -0.15) is 11.8 Å². The lowest BCUT2D eigenvalue weighted by atomic mass is 10.1. The van der Waals surface area contributed by atoms with Crippen LogP contribution in [0.5, 0.6) is 0 Å². The first-order chi connectivity index (χ1) is 10.8. The summed E-state index contributed by atoms with van der Waals surface area (Å²) in [6.45, 7) is 8.73. The van der Waals surface area contributed by atoms with E-state index in [1.165, 1.54) is 24.2 Å². The van der Waals surface area contributed by atoms with E-state index < -0.39 is 11.7 Å². The van der Waals surface area contributed by atoms with E-state index >= 15 is 0 Å². The van der Waals surface area contributed by atoms with E-state index in [0.29, 0.717) is 6.04 Å². The molecule has 0 aromatic heterocycles. The number of anilines is 1. The van der Waals surface area contributed by atoms with Gasteiger partial charge in [0.15, 0.2) is 0 Å². The van der Waals surface area contributed by atoms with Gasteiger partial charge >= 0.3 is 6.09 Å². The lowest BCUT2D eigenvalue weighted by molar-refractivity contribution is 0.0636. The maximum atomic E-state index is 11.7. The Bertz CT molecular complexity index is 469. The summed E-state index contributed by atoms with van der Waals surface area (Å²) in [6.07, 6.45) is 4.16. The molecule has 0 fully saturated rings. The number of nitrogens with one attached hydrogen (secondary N) is 2. The minimum Gasteiger partial charge on any atom is -0.444 e. The fraction of sp³-hybridized carbons (Fsp3) is 0.611. The molecule has 0 radical (unpaired) electrons. The van der Waals surface area contributed by atoms with E-state index in [9.17, 15) is 4.79 Å². The fourth-order valence-corrected chi connectivity index (χ4v) is 2.58. The molecule has 0 bridgehead atoms. The first-order valence-corrected chi connectivity index (χ1v) is 9.53. The van der Waals surface area contributed by atoms with Crippen molar-refractivity contribution >= 4 is 23.5 Å². The molecule has 0 aliphatic rings. The first-order valence-electron chi connectivity index (χ1n) is 8.14. The Morgan fingerprint density at radius 1 is 1.22 bits per heavy atom. The normalized spacial score (nSPS) is 12.7. The number of carbonyl (C=O) groups is 1. The van der Waals surface area contributed by atoms with Gasteiger partial charge in [0.25, 0.3) is 0 Å². The summed E-state index contributed by atoms with van der Waals surface area (Å²) in [6, 6.07) is 8.19. The monoisotopic (exact) mass is 338 g/mol. The average Bonchev–Trinajstić information content (AvgIpc) is 2.45. The van der Waals surface area contributed by atoms with Crippen molar-refractivity contribution in [1.82, 2.24) is 5.32 Å². The molecule has 23 heavy (non-hydrogen) atoms. The van der Waals surface area contributed by atoms with Crippen LogP contribution in [0.25, 0.3) is 0 Å². The SMILES string of the molecule is CSCCCCNC(C)c1ccc(NC(=O)OC(C)(C)C)cc1. The number of unbranched alkanes of at least 4 members (excludes halogenated alkanes) is 1. The number of thioether (sulfide) groups is 1. The zero-order valence-corrected chi connectivity index (χ0v) is 15.8. The number of ether oxygens (including phenoxy) is 1. The van der Waals surface area contributed by atoms with Crippen LogP contribution in [0.15, 0.2) is 24.3 Å². The Kier molecular flexibility index (Phi) is 8.48. The molecule has 1 unspecified atom stereocenters. The Labute approximate surface area is 144 Å². The number of hydrogen-bond acceptors (Lipinski definition) is 4. The van der Waals surface area contributed by atoms with Gasteiger partial charge in [0.2, 0.25) is 0 Å². The van der Waals surface area contributed by atoms with Crippen molar-refractivity contribution in [3.8, 4) is 0 Å². The van der Waals surface area contributed by atoms with Gasteiger partial charge in [0.1, 0.15) is 5.60 Å². The van der Waals surface area contributed by atoms with Gasteiger partial charge in [-0.3, -0.25) is 5.32 Å². The number of benzene rings is 1. The molecule has 0 saturated carbocycles. The van der Waals surface area contributed by atoms with Crippen molar-refractivity contribution in [2.24, 2.45) is 0 Å². The van der Waals surface area contributed by atoms with E-state index in [2.05, 4.69) is 23.8 Å². The second-order valence-electron chi connectivity index (χ2n) is 6.62. The third-order valence-corrected chi connectivity index (χ3v) is 3.98. The van der Waals surface area contributed by atoms with E-state index in [1.54, 1.807) is 0 Å². The van der Waals surface area contributed by atoms with Crippen LogP contribution in [-0.2, 0) is 4.74 Å². The zero-order valence-electron chi connectivity index (χ0n) is 14.9. The van der Waals surface area contributed by atoms with E-state index in [0.717, 1.165) is 12.2 Å². The third kappa shape index (κ3) is 8.86. The number of rotatable bonds is 8. The van der Waals surface area contributed by atoms with Crippen LogP contribution in [0.3, 0.4) is 0 Å². The van der Waals surface area contributed by atoms with Crippen molar-refractivity contribution in [3.05, 3.63) is 29.8 Å². The molecule has 0 spiro atoms. The van der Waals surface area contributed by atoms with Gasteiger partial charge in [0.05, 0.1) is 0 Å². The van der Waals surface area contributed by atoms with Crippen molar-refractivity contribution in [1.29, 1.82) is 0 Å². The highest BCUT2D eigenvalue weighted by Gasteiger charge is 2.16. The van der Waals surface area contributed by atoms with Crippen LogP contribution >= 0.6 is 11.8 Å². The lowest BCUT2D eigenvalue weighted by Gasteiger charge is -2.20. The minimum atomic E-state index is -0.487. The van der Waals surface area contributed by atoms with E-state index in [1.807, 2.05) is 56.8 Å². The van der Waals surface area contributed by atoms with Gasteiger partial charge < -0.3 is 10.1 Å². The summed E-state index contributed by atoms with van der Waals surface area (Å²) < 4.78 is 5.24. The molecular formula is C18H30N2O2S. The quantitative estimate of drug-likeness (QED) is 0.667. The van der Waals surface area contributed by atoms with Gasteiger partial charge in [-0.15, -0.1) is 0 Å². The van der Waals surface area contributed by atoms with Crippen molar-refractivity contribution in [3.63, 3.8) is 0 Å². The second kappa shape index (κ2) is 9.83. The molecule has 1 aromatic rings. The van der Waals surface area contributed by atoms with Crippen molar-refractivity contribution in [2.75, 3.05) is 23.9 Å². The van der Waals surface area contributed by atoms with Gasteiger partial charge in [0, 0.05) is 11.7 Å². The summed E-state index contributed by atoms with van der Waals surface area (Å²) in [5.41, 5.74) is 1.47. The standard InChI is InChI=1S/C18H30N2O2S/c1-14(19-12-6-7-13-23-5)15-8-10-16(11-9-15)20-17(21)22-18(2,3)4/h8-11,14,19H,6-7,12-13H2,1-5H3,(H,20,21). The summed E-state index contributed by atoms with van der Waals surface area (Å²) in [5, 5.41) is 6.27. The maximum absolute atomic E-state index is 11.7. The van der Waals surface area contributed by atoms with Crippen LogP contribution in [0.1, 0.15) is 52.1 Å². The Morgan fingerprint density at radius 2 is 1.87 bits per heavy atom. The van der Waals surface area contributed by atoms with E-state index in [-0.39, 0.29) is 0 Å². The number of amides is 1. The molecule has 1 amide bonds. The summed E-state index contributed by atoms with van der Waals surface area (Å²) in [5.74, 6) is 1.22. The predicted octanol–water partition coefficient (Wildman–Crippen LogP) is 4.83. The summed E-state index contributed by atoms with van der Waals surface area (Å²) >= 11 is 1.89. The molecule has 130 valence electrons. The molecule has 4 nitrogen and oxygen atoms in total. The number of hydrogen-bond donors (Lipinski definition) is 2. The Morgan fingerprint density at radius 3 is 2.43 bits per heavy atom. The zero-order chi connectivity index (χ0) is 17.3. The highest BCUT2D eigenvalue weighted by atomic mass is 32.2. The van der Waals surface area contributed by atoms with Gasteiger partial charge in [-0.1, -0.05) is 12.1 Å². The molecular weight excluding hydrogens is 308 g/mol. The van der Waals surface area contributed by atoms with E-state index in [4.69, 9.17) is 4.74 Å². The molecule has 0 heterocycles. The molecule has 1 atom stereocenters. The minimum absolute atomic E-state index is 0.305. The molecule has 2 N–H and O–H groups in total. The maximum Gasteiger partial charge on any atom is 0.412 e. The van der Waals surface area contributed by atoms with Crippen LogP contribution in [-0.4, -0.2) is 30.2 Å². The molecule has 1 aromatic carbocycles. The van der Waals surface area contributed by atoms with Crippen LogP contribution in [0.2, 0.25) is 0 Å². The highest BCUT2D eigenvalue weighted by molar-refractivity contribution is 7.98. The lowest BCUT2D eigenvalue weighted by Crippen LogP contribution is -2.27. The largest absolute Gasteiger partial charge is 0.444 e. The molecule has 0 aliphatic carbocycles. The van der Waals surface area contributed by atoms with Gasteiger partial charge in [-0.25, -0.2) is 4.79 Å². The summed E-state index contributed by atoms with van der Waals surface area (Å²) in [7, 11) is 0. The Hall–Kier alpha value is -1.20. The third-order valence-electron chi connectivity index (χ3n) is 3.28. The second-order valence-corrected chi connectivity index (χ2v) is 7.61. The molecule has 0 saturated heterocycles. The fourth-order valence-electron chi connectivity index (χ4n) is 2.08. The number of carbonyl (C=O) groups excluding carboxylic acids is 1. The average molecular weight is 339 g/mol. The first kappa shape index (κ1) is 19.8. The van der Waals surface area contributed by atoms with Crippen LogP contribution in [0.4, 0.5) is 10.5 Å². The van der Waals surface area contributed by atoms with Crippen LogP contribution in [0, 0.1) is 0 Å². The molecule has 1 rings (SSSR count). The highest BCUT2D eigenvalue weighted by Crippen LogP contribution is 2.17. The van der Waals surface area contributed by atoms with Crippen LogP contribution < -0.4 is 10.6 Å². The molecule has 0 aliphatic heterocycles. The predicted molar refractivity (Wildman–Crippen MR) is 100 cm³/mol. The topological polar surface area (TPSA) is 50.4 Å². The van der Waals surface area contributed by atoms with Crippen molar-refractivity contribution < 1.29 is 9.53 Å². The Balaban J connectivity index is 2.41. The molecule has 5 heteroatoms. The van der Waals surface area contributed by atoms with Crippen molar-refractivity contribution in [2.45, 2.75) is 52.2 Å². The van der Waals surface area contributed by atoms with Gasteiger partial charge in [-0.05, 0) is 76.8 Å².